The van der Waals surface area contributed by atoms with Crippen LogP contribution in [0.4, 0.5) is 22.3 Å². The number of carbonyl (C=O) groups excluding carboxylic acids is 2. The topological polar surface area (TPSA) is 137 Å². The Morgan fingerprint density at radius 3 is 2.33 bits per heavy atom. The Morgan fingerprint density at radius 2 is 1.64 bits per heavy atom. The number of nitrogen functional groups attached to an aromatic ring is 1. The summed E-state index contributed by atoms with van der Waals surface area (Å²) in [6.45, 7) is 0. The summed E-state index contributed by atoms with van der Waals surface area (Å²) < 4.78 is 5.46. The number of thiazole rings is 1. The van der Waals surface area contributed by atoms with Crippen molar-refractivity contribution < 1.29 is 19.2 Å². The molecule has 0 aliphatic carbocycles. The van der Waals surface area contributed by atoms with Crippen LogP contribution in [-0.2, 0) is 0 Å². The van der Waals surface area contributed by atoms with Crippen molar-refractivity contribution in [1.82, 2.24) is 4.98 Å². The maximum Gasteiger partial charge on any atom is 0.343 e. The van der Waals surface area contributed by atoms with Crippen LogP contribution in [0, 0.1) is 10.1 Å². The van der Waals surface area contributed by atoms with Gasteiger partial charge in [-0.05, 0) is 36.4 Å². The van der Waals surface area contributed by atoms with Crippen molar-refractivity contribution in [1.29, 1.82) is 0 Å². The molecule has 0 amide bonds. The average Bonchev–Trinajstić information content (AvgIpc) is 3.19. The smallest absolute Gasteiger partial charge is 0.343 e. The first-order valence-electron chi connectivity index (χ1n) is 9.61. The number of benzene rings is 3. The summed E-state index contributed by atoms with van der Waals surface area (Å²) in [5, 5.41) is 14.1. The van der Waals surface area contributed by atoms with Gasteiger partial charge >= 0.3 is 5.97 Å². The number of rotatable bonds is 7. The molecule has 0 aliphatic rings. The molecule has 0 radical (unpaired) electrons. The SMILES string of the molecule is Nc1nc(Nc2ccc([N+](=O)[O-])cc2)sc1C(=O)c1ccccc1OC(=O)c1ccccc1. The number of hydrogen-bond acceptors (Lipinski definition) is 9. The van der Waals surface area contributed by atoms with Crippen molar-refractivity contribution in [3.05, 3.63) is 105 Å². The van der Waals surface area contributed by atoms with Gasteiger partial charge in [-0.1, -0.05) is 41.7 Å². The summed E-state index contributed by atoms with van der Waals surface area (Å²) >= 11 is 1.02. The zero-order valence-electron chi connectivity index (χ0n) is 16.9. The minimum atomic E-state index is -0.589. The molecule has 1 aromatic heterocycles. The highest BCUT2D eigenvalue weighted by molar-refractivity contribution is 7.18. The third kappa shape index (κ3) is 4.86. The second-order valence-electron chi connectivity index (χ2n) is 6.74. The van der Waals surface area contributed by atoms with Crippen LogP contribution in [0.1, 0.15) is 25.6 Å². The molecule has 3 N–H and O–H groups in total. The number of esters is 1. The van der Waals surface area contributed by atoms with Crippen molar-refractivity contribution in [2.75, 3.05) is 11.1 Å². The average molecular weight is 460 g/mol. The van der Waals surface area contributed by atoms with Crippen LogP contribution >= 0.6 is 11.3 Å². The lowest BCUT2D eigenvalue weighted by Crippen LogP contribution is -2.12. The Balaban J connectivity index is 1.56. The fraction of sp³-hybridized carbons (Fsp3) is 0. The monoisotopic (exact) mass is 460 g/mol. The van der Waals surface area contributed by atoms with Crippen LogP contribution in [0.2, 0.25) is 0 Å². The number of nitrogens with one attached hydrogen (secondary N) is 1. The molecule has 0 bridgehead atoms. The van der Waals surface area contributed by atoms with E-state index in [1.807, 2.05) is 0 Å². The summed E-state index contributed by atoms with van der Waals surface area (Å²) in [7, 11) is 0. The Kier molecular flexibility index (Phi) is 6.09. The number of ketones is 1. The minimum absolute atomic E-state index is 0.0126. The number of carbonyl (C=O) groups is 2. The molecule has 4 rings (SSSR count). The van der Waals surface area contributed by atoms with Gasteiger partial charge in [0.25, 0.3) is 5.69 Å². The lowest BCUT2D eigenvalue weighted by molar-refractivity contribution is -0.384. The number of nitro groups is 1. The Morgan fingerprint density at radius 1 is 0.970 bits per heavy atom. The molecule has 0 unspecified atom stereocenters. The Bertz CT molecular complexity index is 1340. The highest BCUT2D eigenvalue weighted by atomic mass is 32.1. The van der Waals surface area contributed by atoms with E-state index in [1.54, 1.807) is 48.5 Å². The van der Waals surface area contributed by atoms with Crippen LogP contribution in [0.25, 0.3) is 0 Å². The molecule has 0 fully saturated rings. The molecular formula is C23H16N4O5S. The zero-order chi connectivity index (χ0) is 23.4. The number of hydrogen-bond donors (Lipinski definition) is 2. The number of anilines is 3. The fourth-order valence-corrected chi connectivity index (χ4v) is 3.80. The highest BCUT2D eigenvalue weighted by Gasteiger charge is 2.22. The van der Waals surface area contributed by atoms with E-state index in [2.05, 4.69) is 10.3 Å². The maximum absolute atomic E-state index is 13.2. The van der Waals surface area contributed by atoms with Gasteiger partial charge in [-0.3, -0.25) is 14.9 Å². The quantitative estimate of drug-likeness (QED) is 0.132. The largest absolute Gasteiger partial charge is 0.422 e. The van der Waals surface area contributed by atoms with E-state index in [4.69, 9.17) is 10.5 Å². The molecule has 0 saturated heterocycles. The van der Waals surface area contributed by atoms with E-state index in [-0.39, 0.29) is 27.7 Å². The van der Waals surface area contributed by atoms with Crippen LogP contribution in [0.5, 0.6) is 5.75 Å². The lowest BCUT2D eigenvalue weighted by atomic mass is 10.1. The van der Waals surface area contributed by atoms with Crippen molar-refractivity contribution in [2.24, 2.45) is 0 Å². The van der Waals surface area contributed by atoms with Gasteiger partial charge in [0, 0.05) is 17.8 Å². The van der Waals surface area contributed by atoms with Gasteiger partial charge in [0.05, 0.1) is 16.1 Å². The van der Waals surface area contributed by atoms with E-state index in [0.717, 1.165) is 11.3 Å². The van der Waals surface area contributed by atoms with Crippen LogP contribution in [-0.4, -0.2) is 21.7 Å². The predicted octanol–water partition coefficient (Wildman–Crippen LogP) is 4.83. The summed E-state index contributed by atoms with van der Waals surface area (Å²) in [4.78, 5) is 40.3. The van der Waals surface area contributed by atoms with Crippen molar-refractivity contribution >= 4 is 45.4 Å². The van der Waals surface area contributed by atoms with Gasteiger partial charge in [-0.25, -0.2) is 9.78 Å². The third-order valence-electron chi connectivity index (χ3n) is 4.53. The molecule has 4 aromatic rings. The van der Waals surface area contributed by atoms with Gasteiger partial charge < -0.3 is 15.8 Å². The van der Waals surface area contributed by atoms with E-state index in [1.165, 1.54) is 30.3 Å². The Labute approximate surface area is 191 Å². The van der Waals surface area contributed by atoms with E-state index >= 15 is 0 Å². The molecule has 164 valence electrons. The maximum atomic E-state index is 13.2. The van der Waals surface area contributed by atoms with Gasteiger partial charge in [0.2, 0.25) is 5.78 Å². The number of para-hydroxylation sites is 1. The second kappa shape index (κ2) is 9.28. The second-order valence-corrected chi connectivity index (χ2v) is 7.74. The molecule has 0 atom stereocenters. The normalized spacial score (nSPS) is 10.4. The number of nitrogens with zero attached hydrogens (tertiary/aromatic N) is 2. The molecule has 0 saturated carbocycles. The molecule has 9 nitrogen and oxygen atoms in total. The first-order chi connectivity index (χ1) is 15.9. The van der Waals surface area contributed by atoms with Crippen molar-refractivity contribution in [3.63, 3.8) is 0 Å². The summed E-state index contributed by atoms with van der Waals surface area (Å²) in [5.41, 5.74) is 7.00. The number of aromatic nitrogens is 1. The summed E-state index contributed by atoms with van der Waals surface area (Å²) in [5.74, 6) is -0.917. The van der Waals surface area contributed by atoms with Crippen molar-refractivity contribution in [2.45, 2.75) is 0 Å². The lowest BCUT2D eigenvalue weighted by Gasteiger charge is -2.09. The zero-order valence-corrected chi connectivity index (χ0v) is 17.7. The first kappa shape index (κ1) is 21.7. The number of nitro benzene ring substituents is 1. The standard InChI is InChI=1S/C23H16N4O5S/c24-21-20(33-23(26-21)25-15-10-12-16(13-11-15)27(30)31)19(28)17-8-4-5-9-18(17)32-22(29)14-6-2-1-3-7-14/h1-13H,24H2,(H,25,26). The first-order valence-corrected chi connectivity index (χ1v) is 10.4. The summed E-state index contributed by atoms with van der Waals surface area (Å²) in [6.07, 6.45) is 0. The molecule has 0 aliphatic heterocycles. The Hall–Kier alpha value is -4.57. The minimum Gasteiger partial charge on any atom is -0.422 e. The number of ether oxygens (including phenoxy) is 1. The van der Waals surface area contributed by atoms with Crippen LogP contribution < -0.4 is 15.8 Å². The van der Waals surface area contributed by atoms with Crippen LogP contribution in [0.3, 0.4) is 0 Å². The molecule has 3 aromatic carbocycles. The molecule has 0 spiro atoms. The van der Waals surface area contributed by atoms with Gasteiger partial charge in [0.1, 0.15) is 16.4 Å². The molecule has 33 heavy (non-hydrogen) atoms. The van der Waals surface area contributed by atoms with Gasteiger partial charge in [-0.15, -0.1) is 0 Å². The van der Waals surface area contributed by atoms with Gasteiger partial charge in [0.15, 0.2) is 5.13 Å². The van der Waals surface area contributed by atoms with E-state index in [9.17, 15) is 19.7 Å². The van der Waals surface area contributed by atoms with Crippen molar-refractivity contribution in [3.8, 4) is 5.75 Å². The molecule has 10 heteroatoms. The number of nitrogens with two attached hydrogens (primary N) is 1. The van der Waals surface area contributed by atoms with Crippen LogP contribution in [0.15, 0.2) is 78.9 Å². The summed E-state index contributed by atoms with van der Waals surface area (Å²) in [6, 6.07) is 20.6. The number of non-ortho nitro benzene ring substituents is 1. The van der Waals surface area contributed by atoms with E-state index in [0.29, 0.717) is 16.4 Å². The highest BCUT2D eigenvalue weighted by Crippen LogP contribution is 2.32. The predicted molar refractivity (Wildman–Crippen MR) is 124 cm³/mol. The molecule has 1 heterocycles. The molecular weight excluding hydrogens is 444 g/mol. The van der Waals surface area contributed by atoms with E-state index < -0.39 is 16.7 Å². The third-order valence-corrected chi connectivity index (χ3v) is 5.52. The fourth-order valence-electron chi connectivity index (χ4n) is 2.94. The van der Waals surface area contributed by atoms with Gasteiger partial charge in [-0.2, -0.15) is 0 Å².